The van der Waals surface area contributed by atoms with Crippen molar-refractivity contribution < 1.29 is 22.0 Å². The molecule has 132 valence electrons. The Labute approximate surface area is 131 Å². The lowest BCUT2D eigenvalue weighted by Gasteiger charge is -2.19. The van der Waals surface area contributed by atoms with Gasteiger partial charge in [-0.05, 0) is 25.2 Å². The van der Waals surface area contributed by atoms with Gasteiger partial charge in [-0.2, -0.15) is 22.0 Å². The maximum atomic E-state index is 12.7. The van der Waals surface area contributed by atoms with Gasteiger partial charge in [0.1, 0.15) is 0 Å². The molecular formula is C17H29F5. The van der Waals surface area contributed by atoms with Gasteiger partial charge < -0.3 is 0 Å². The lowest BCUT2D eigenvalue weighted by atomic mass is 9.96. The summed E-state index contributed by atoms with van der Waals surface area (Å²) in [6.07, 6.45) is 4.23. The van der Waals surface area contributed by atoms with Gasteiger partial charge in [0.05, 0.1) is 0 Å². The number of hydrogen-bond donors (Lipinski definition) is 0. The lowest BCUT2D eigenvalue weighted by Crippen LogP contribution is -2.36. The average molecular weight is 328 g/mol. The van der Waals surface area contributed by atoms with Crippen LogP contribution in [0.2, 0.25) is 0 Å². The van der Waals surface area contributed by atoms with Crippen LogP contribution in [-0.4, -0.2) is 12.1 Å². The molecule has 0 heterocycles. The fourth-order valence-electron chi connectivity index (χ4n) is 2.44. The molecule has 0 aromatic carbocycles. The summed E-state index contributed by atoms with van der Waals surface area (Å²) in [6, 6.07) is 0. The summed E-state index contributed by atoms with van der Waals surface area (Å²) in [6.45, 7) is 5.85. The van der Waals surface area contributed by atoms with Crippen molar-refractivity contribution in [2.24, 2.45) is 5.92 Å². The molecule has 0 spiro atoms. The molecule has 0 fully saturated rings. The van der Waals surface area contributed by atoms with Gasteiger partial charge in [0.25, 0.3) is 0 Å². The van der Waals surface area contributed by atoms with Crippen LogP contribution >= 0.6 is 0 Å². The summed E-state index contributed by atoms with van der Waals surface area (Å²) < 4.78 is 61.2. The van der Waals surface area contributed by atoms with Crippen LogP contribution in [0, 0.1) is 5.92 Å². The van der Waals surface area contributed by atoms with E-state index in [-0.39, 0.29) is 6.42 Å². The van der Waals surface area contributed by atoms with Crippen molar-refractivity contribution in [3.8, 4) is 0 Å². The van der Waals surface area contributed by atoms with Crippen molar-refractivity contribution in [1.29, 1.82) is 0 Å². The Kier molecular flexibility index (Phi) is 10.7. The summed E-state index contributed by atoms with van der Waals surface area (Å²) in [5.41, 5.74) is 0. The van der Waals surface area contributed by atoms with Crippen LogP contribution in [0.5, 0.6) is 0 Å². The molecule has 0 saturated heterocycles. The Morgan fingerprint density at radius 1 is 0.818 bits per heavy atom. The second-order valence-corrected chi connectivity index (χ2v) is 6.19. The fourth-order valence-corrected chi connectivity index (χ4v) is 2.44. The zero-order valence-electron chi connectivity index (χ0n) is 13.5. The quantitative estimate of drug-likeness (QED) is 0.189. The minimum Gasteiger partial charge on any atom is -0.196 e. The zero-order chi connectivity index (χ0) is 17.1. The molecule has 0 aliphatic heterocycles. The summed E-state index contributed by atoms with van der Waals surface area (Å²) in [4.78, 5) is 0. The van der Waals surface area contributed by atoms with Crippen molar-refractivity contribution in [2.45, 2.75) is 89.7 Å². The van der Waals surface area contributed by atoms with E-state index in [1.165, 1.54) is 19.3 Å². The average Bonchev–Trinajstić information content (AvgIpc) is 2.41. The monoisotopic (exact) mass is 328 g/mol. The molecule has 1 unspecified atom stereocenters. The number of unbranched alkanes of at least 4 members (excludes halogenated alkanes) is 6. The Balaban J connectivity index is 3.51. The first kappa shape index (κ1) is 21.4. The van der Waals surface area contributed by atoms with E-state index >= 15 is 0 Å². The molecule has 5 heteroatoms. The second kappa shape index (κ2) is 11.0. The molecule has 0 saturated carbocycles. The first-order valence-corrected chi connectivity index (χ1v) is 8.26. The van der Waals surface area contributed by atoms with Gasteiger partial charge in [-0.3, -0.25) is 0 Å². The zero-order valence-corrected chi connectivity index (χ0v) is 13.5. The molecule has 1 atom stereocenters. The molecular weight excluding hydrogens is 299 g/mol. The van der Waals surface area contributed by atoms with Gasteiger partial charge in [0.15, 0.2) is 0 Å². The van der Waals surface area contributed by atoms with Crippen LogP contribution in [0.3, 0.4) is 0 Å². The fraction of sp³-hybridized carbons (Fsp3) is 0.882. The van der Waals surface area contributed by atoms with Crippen molar-refractivity contribution in [3.05, 3.63) is 12.7 Å². The van der Waals surface area contributed by atoms with E-state index in [1.54, 1.807) is 0 Å². The highest BCUT2D eigenvalue weighted by Gasteiger charge is 2.56. The first-order valence-electron chi connectivity index (χ1n) is 8.26. The van der Waals surface area contributed by atoms with Crippen LogP contribution in [0.1, 0.15) is 77.6 Å². The molecule has 0 N–H and O–H groups in total. The van der Waals surface area contributed by atoms with Crippen molar-refractivity contribution in [1.82, 2.24) is 0 Å². The predicted octanol–water partition coefficient (Wildman–Crippen LogP) is 7.30. The van der Waals surface area contributed by atoms with Gasteiger partial charge in [-0.15, -0.1) is 6.58 Å². The Bertz CT molecular complexity index is 283. The Hall–Kier alpha value is -0.610. The minimum atomic E-state index is -5.41. The normalized spacial score (nSPS) is 14.1. The minimum absolute atomic E-state index is 0.0670. The van der Waals surface area contributed by atoms with Gasteiger partial charge in [-0.1, -0.05) is 57.9 Å². The van der Waals surface area contributed by atoms with E-state index in [2.05, 4.69) is 13.5 Å². The maximum absolute atomic E-state index is 12.7. The van der Waals surface area contributed by atoms with E-state index in [1.807, 2.05) is 6.08 Å². The standard InChI is InChI=1S/C17H29F5/c1-3-4-5-6-9-12-15(2)13-10-7-8-11-14-16(18,19)17(20,21)22/h3,15H,1,4-14H2,2H3. The Morgan fingerprint density at radius 3 is 1.82 bits per heavy atom. The van der Waals surface area contributed by atoms with Gasteiger partial charge in [0, 0.05) is 6.42 Å². The highest BCUT2D eigenvalue weighted by molar-refractivity contribution is 4.75. The topological polar surface area (TPSA) is 0 Å². The number of rotatable bonds is 13. The van der Waals surface area contributed by atoms with Crippen LogP contribution in [0.15, 0.2) is 12.7 Å². The van der Waals surface area contributed by atoms with Gasteiger partial charge in [-0.25, -0.2) is 0 Å². The van der Waals surface area contributed by atoms with E-state index in [0.717, 1.165) is 32.1 Å². The number of allylic oxidation sites excluding steroid dienone is 1. The molecule has 0 bridgehead atoms. The third-order valence-electron chi connectivity index (χ3n) is 3.96. The molecule has 0 aliphatic carbocycles. The largest absolute Gasteiger partial charge is 0.453 e. The van der Waals surface area contributed by atoms with Gasteiger partial charge in [0.2, 0.25) is 0 Å². The summed E-state index contributed by atoms with van der Waals surface area (Å²) in [5, 5.41) is 0. The molecule has 0 radical (unpaired) electrons. The van der Waals surface area contributed by atoms with Crippen molar-refractivity contribution in [3.63, 3.8) is 0 Å². The van der Waals surface area contributed by atoms with E-state index in [0.29, 0.717) is 12.3 Å². The van der Waals surface area contributed by atoms with Crippen LogP contribution in [0.4, 0.5) is 22.0 Å². The molecule has 0 nitrogen and oxygen atoms in total. The van der Waals surface area contributed by atoms with Crippen molar-refractivity contribution in [2.75, 3.05) is 0 Å². The van der Waals surface area contributed by atoms with Gasteiger partial charge >= 0.3 is 12.1 Å². The summed E-state index contributed by atoms with van der Waals surface area (Å²) in [5.74, 6) is -3.94. The third kappa shape index (κ3) is 10.2. The summed E-state index contributed by atoms with van der Waals surface area (Å²) in [7, 11) is 0. The third-order valence-corrected chi connectivity index (χ3v) is 3.96. The van der Waals surface area contributed by atoms with Crippen LogP contribution in [0.25, 0.3) is 0 Å². The predicted molar refractivity (Wildman–Crippen MR) is 81.2 cm³/mol. The molecule has 0 aromatic heterocycles. The smallest absolute Gasteiger partial charge is 0.196 e. The number of halogens is 5. The molecule has 0 rings (SSSR count). The SMILES string of the molecule is C=CCCCCCC(C)CCCCCCC(F)(F)C(F)(F)F. The highest BCUT2D eigenvalue weighted by Crippen LogP contribution is 2.39. The maximum Gasteiger partial charge on any atom is 0.453 e. The van der Waals surface area contributed by atoms with E-state index in [9.17, 15) is 22.0 Å². The van der Waals surface area contributed by atoms with Crippen molar-refractivity contribution >= 4 is 0 Å². The van der Waals surface area contributed by atoms with E-state index in [4.69, 9.17) is 0 Å². The number of alkyl halides is 5. The molecule has 22 heavy (non-hydrogen) atoms. The van der Waals surface area contributed by atoms with Crippen LogP contribution < -0.4 is 0 Å². The molecule has 0 aromatic rings. The lowest BCUT2D eigenvalue weighted by molar-refractivity contribution is -0.284. The molecule has 0 amide bonds. The molecule has 0 aliphatic rings. The Morgan fingerprint density at radius 2 is 1.32 bits per heavy atom. The highest BCUT2D eigenvalue weighted by atomic mass is 19.4. The number of hydrogen-bond acceptors (Lipinski definition) is 0. The van der Waals surface area contributed by atoms with Crippen LogP contribution in [-0.2, 0) is 0 Å². The summed E-state index contributed by atoms with van der Waals surface area (Å²) >= 11 is 0. The second-order valence-electron chi connectivity index (χ2n) is 6.19. The van der Waals surface area contributed by atoms with E-state index < -0.39 is 18.5 Å². The first-order chi connectivity index (χ1) is 10.2.